The smallest absolute Gasteiger partial charge is 0.257 e. The molecule has 1 aliphatic rings. The maximum atomic E-state index is 12.6. The van der Waals surface area contributed by atoms with Crippen molar-refractivity contribution in [3.63, 3.8) is 0 Å². The molecule has 0 N–H and O–H groups in total. The van der Waals surface area contributed by atoms with Crippen LogP contribution in [0.4, 0.5) is 0 Å². The molecule has 1 saturated heterocycles. The number of rotatable bonds is 7. The fraction of sp³-hybridized carbons (Fsp3) is 0.611. The first-order chi connectivity index (χ1) is 10.8. The van der Waals surface area contributed by atoms with E-state index >= 15 is 0 Å². The molecule has 0 radical (unpaired) electrons. The molecule has 1 fully saturated rings. The lowest BCUT2D eigenvalue weighted by molar-refractivity contribution is 0.0632. The Bertz CT molecular complexity index is 468. The molecule has 4 nitrogen and oxygen atoms in total. The number of ether oxygens (including phenoxy) is 1. The van der Waals surface area contributed by atoms with Gasteiger partial charge in [-0.25, -0.2) is 0 Å². The summed E-state index contributed by atoms with van der Waals surface area (Å²) in [4.78, 5) is 17.0. The standard InChI is InChI=1S/C18H28N2O2/c1-3-4-5-8-11-19-12-14-20(15-13-19)18(21)16-9-6-7-10-17(16)22-2/h6-7,9-10H,3-5,8,11-15H2,1-2H3. The zero-order valence-electron chi connectivity index (χ0n) is 13.9. The Hall–Kier alpha value is -1.55. The van der Waals surface area contributed by atoms with E-state index in [4.69, 9.17) is 4.74 Å². The van der Waals surface area contributed by atoms with Crippen LogP contribution in [0.15, 0.2) is 24.3 Å². The van der Waals surface area contributed by atoms with Gasteiger partial charge in [-0.3, -0.25) is 9.69 Å². The molecule has 1 aromatic rings. The Balaban J connectivity index is 1.82. The van der Waals surface area contributed by atoms with Crippen molar-refractivity contribution in [1.29, 1.82) is 0 Å². The van der Waals surface area contributed by atoms with Crippen molar-refractivity contribution < 1.29 is 9.53 Å². The summed E-state index contributed by atoms with van der Waals surface area (Å²) in [5.74, 6) is 0.748. The van der Waals surface area contributed by atoms with Gasteiger partial charge in [0.15, 0.2) is 0 Å². The van der Waals surface area contributed by atoms with Crippen LogP contribution in [0, 0.1) is 0 Å². The van der Waals surface area contributed by atoms with Gasteiger partial charge in [0, 0.05) is 26.2 Å². The summed E-state index contributed by atoms with van der Waals surface area (Å²) in [5, 5.41) is 0. The first-order valence-corrected chi connectivity index (χ1v) is 8.41. The second-order valence-corrected chi connectivity index (χ2v) is 5.89. The molecule has 4 heteroatoms. The van der Waals surface area contributed by atoms with E-state index < -0.39 is 0 Å². The molecule has 0 unspecified atom stereocenters. The molecule has 1 aromatic carbocycles. The van der Waals surface area contributed by atoms with E-state index in [1.807, 2.05) is 29.2 Å². The van der Waals surface area contributed by atoms with Gasteiger partial charge in [-0.05, 0) is 25.1 Å². The van der Waals surface area contributed by atoms with Crippen LogP contribution in [-0.4, -0.2) is 55.5 Å². The number of methoxy groups -OCH3 is 1. The predicted octanol–water partition coefficient (Wildman–Crippen LogP) is 3.03. The van der Waals surface area contributed by atoms with Gasteiger partial charge in [0.05, 0.1) is 12.7 Å². The Kier molecular flexibility index (Phi) is 6.72. The van der Waals surface area contributed by atoms with Crippen molar-refractivity contribution in [2.24, 2.45) is 0 Å². The maximum absolute atomic E-state index is 12.6. The second-order valence-electron chi connectivity index (χ2n) is 5.89. The highest BCUT2D eigenvalue weighted by Crippen LogP contribution is 2.20. The average molecular weight is 304 g/mol. The van der Waals surface area contributed by atoms with E-state index in [0.717, 1.165) is 32.7 Å². The Morgan fingerprint density at radius 1 is 1.09 bits per heavy atom. The summed E-state index contributed by atoms with van der Waals surface area (Å²) in [6.45, 7) is 6.98. The maximum Gasteiger partial charge on any atom is 0.257 e. The van der Waals surface area contributed by atoms with Crippen molar-refractivity contribution in [1.82, 2.24) is 9.80 Å². The van der Waals surface area contributed by atoms with Gasteiger partial charge in [0.2, 0.25) is 0 Å². The highest BCUT2D eigenvalue weighted by atomic mass is 16.5. The molecule has 0 atom stereocenters. The van der Waals surface area contributed by atoms with Gasteiger partial charge in [0.25, 0.3) is 5.91 Å². The second kappa shape index (κ2) is 8.79. The SMILES string of the molecule is CCCCCCN1CCN(C(=O)c2ccccc2OC)CC1. The third-order valence-electron chi connectivity index (χ3n) is 4.32. The van der Waals surface area contributed by atoms with Crippen LogP contribution in [-0.2, 0) is 0 Å². The third kappa shape index (κ3) is 4.47. The van der Waals surface area contributed by atoms with Gasteiger partial charge in [-0.15, -0.1) is 0 Å². The van der Waals surface area contributed by atoms with Gasteiger partial charge in [-0.1, -0.05) is 38.3 Å². The lowest BCUT2D eigenvalue weighted by Gasteiger charge is -2.35. The molecule has 0 bridgehead atoms. The number of piperazine rings is 1. The van der Waals surface area contributed by atoms with E-state index in [-0.39, 0.29) is 5.91 Å². The highest BCUT2D eigenvalue weighted by molar-refractivity contribution is 5.97. The minimum Gasteiger partial charge on any atom is -0.496 e. The van der Waals surface area contributed by atoms with Crippen molar-refractivity contribution in [2.45, 2.75) is 32.6 Å². The van der Waals surface area contributed by atoms with E-state index in [9.17, 15) is 4.79 Å². The molecule has 22 heavy (non-hydrogen) atoms. The molecular formula is C18H28N2O2. The summed E-state index contributed by atoms with van der Waals surface area (Å²) in [6, 6.07) is 7.47. The molecule has 0 spiro atoms. The fourth-order valence-electron chi connectivity index (χ4n) is 2.93. The summed E-state index contributed by atoms with van der Waals surface area (Å²) >= 11 is 0. The van der Waals surface area contributed by atoms with Gasteiger partial charge >= 0.3 is 0 Å². The van der Waals surface area contributed by atoms with E-state index in [1.54, 1.807) is 7.11 Å². The average Bonchev–Trinajstić information content (AvgIpc) is 2.58. The summed E-state index contributed by atoms with van der Waals surface area (Å²) in [6.07, 6.45) is 5.19. The number of carbonyl (C=O) groups is 1. The number of carbonyl (C=O) groups excluding carboxylic acids is 1. The van der Waals surface area contributed by atoms with Crippen LogP contribution >= 0.6 is 0 Å². The van der Waals surface area contributed by atoms with Crippen LogP contribution in [0.3, 0.4) is 0 Å². The van der Waals surface area contributed by atoms with Crippen LogP contribution in [0.1, 0.15) is 43.0 Å². The summed E-state index contributed by atoms with van der Waals surface area (Å²) in [5.41, 5.74) is 0.668. The van der Waals surface area contributed by atoms with Gasteiger partial charge in [0.1, 0.15) is 5.75 Å². The molecule has 0 saturated carbocycles. The highest BCUT2D eigenvalue weighted by Gasteiger charge is 2.23. The fourth-order valence-corrected chi connectivity index (χ4v) is 2.93. The minimum atomic E-state index is 0.0862. The Labute approximate surface area is 134 Å². The third-order valence-corrected chi connectivity index (χ3v) is 4.32. The molecule has 2 rings (SSSR count). The Morgan fingerprint density at radius 3 is 2.50 bits per heavy atom. The lowest BCUT2D eigenvalue weighted by Crippen LogP contribution is -2.48. The van der Waals surface area contributed by atoms with E-state index in [2.05, 4.69) is 11.8 Å². The topological polar surface area (TPSA) is 32.8 Å². The normalized spacial score (nSPS) is 15.8. The monoisotopic (exact) mass is 304 g/mol. The number of benzene rings is 1. The number of hydrogen-bond donors (Lipinski definition) is 0. The number of hydrogen-bond acceptors (Lipinski definition) is 3. The quantitative estimate of drug-likeness (QED) is 0.726. The minimum absolute atomic E-state index is 0.0862. The van der Waals surface area contributed by atoms with E-state index in [1.165, 1.54) is 25.7 Å². The molecule has 1 heterocycles. The summed E-state index contributed by atoms with van der Waals surface area (Å²) in [7, 11) is 1.61. The molecule has 0 aromatic heterocycles. The number of amides is 1. The van der Waals surface area contributed by atoms with Crippen LogP contribution < -0.4 is 4.74 Å². The molecule has 0 aliphatic carbocycles. The molecular weight excluding hydrogens is 276 g/mol. The number of nitrogens with zero attached hydrogens (tertiary/aromatic N) is 2. The Morgan fingerprint density at radius 2 is 1.82 bits per heavy atom. The number of unbranched alkanes of at least 4 members (excludes halogenated alkanes) is 3. The number of para-hydroxylation sites is 1. The zero-order valence-corrected chi connectivity index (χ0v) is 13.9. The van der Waals surface area contributed by atoms with Crippen molar-refractivity contribution in [3.8, 4) is 5.75 Å². The largest absolute Gasteiger partial charge is 0.496 e. The van der Waals surface area contributed by atoms with Crippen LogP contribution in [0.25, 0.3) is 0 Å². The van der Waals surface area contributed by atoms with Gasteiger partial charge in [-0.2, -0.15) is 0 Å². The van der Waals surface area contributed by atoms with Crippen molar-refractivity contribution in [3.05, 3.63) is 29.8 Å². The van der Waals surface area contributed by atoms with Gasteiger partial charge < -0.3 is 9.64 Å². The molecule has 1 aliphatic heterocycles. The summed E-state index contributed by atoms with van der Waals surface area (Å²) < 4.78 is 5.30. The lowest BCUT2D eigenvalue weighted by atomic mass is 10.1. The molecule has 122 valence electrons. The molecule has 1 amide bonds. The first-order valence-electron chi connectivity index (χ1n) is 8.41. The zero-order chi connectivity index (χ0) is 15.8. The van der Waals surface area contributed by atoms with Crippen molar-refractivity contribution in [2.75, 3.05) is 39.8 Å². The van der Waals surface area contributed by atoms with Crippen LogP contribution in [0.5, 0.6) is 5.75 Å². The predicted molar refractivity (Wildman–Crippen MR) is 89.5 cm³/mol. The van der Waals surface area contributed by atoms with E-state index in [0.29, 0.717) is 11.3 Å². The van der Waals surface area contributed by atoms with Crippen LogP contribution in [0.2, 0.25) is 0 Å². The first kappa shape index (κ1) is 16.8. The van der Waals surface area contributed by atoms with Crippen molar-refractivity contribution >= 4 is 5.91 Å².